The molecule has 11 atom stereocenters. The summed E-state index contributed by atoms with van der Waals surface area (Å²) in [5.41, 5.74) is -9.19. The predicted molar refractivity (Wildman–Crippen MR) is 148 cm³/mol. The Labute approximate surface area is 249 Å². The second-order valence-electron chi connectivity index (χ2n) is 13.9. The normalized spacial score (nSPS) is 47.6. The lowest BCUT2D eigenvalue weighted by molar-refractivity contribution is -0.488. The lowest BCUT2D eigenvalue weighted by Gasteiger charge is -2.65. The highest BCUT2D eigenvalue weighted by atomic mass is 16.8. The summed E-state index contributed by atoms with van der Waals surface area (Å²) in [5.74, 6) is -7.39. The number of ether oxygens (including phenoxy) is 4. The number of benzene rings is 1. The van der Waals surface area contributed by atoms with Gasteiger partial charge in [0.1, 0.15) is 29.5 Å². The average Bonchev–Trinajstić information content (AvgIpc) is 3.42. The highest BCUT2D eigenvalue weighted by Crippen LogP contribution is 2.74. The van der Waals surface area contributed by atoms with Crippen molar-refractivity contribution in [2.45, 2.75) is 101 Å². The monoisotopic (exact) mass is 600 g/mol. The van der Waals surface area contributed by atoms with E-state index in [1.54, 1.807) is 58.0 Å². The molecule has 0 amide bonds. The third kappa shape index (κ3) is 3.43. The molecule has 1 aromatic rings. The molecule has 11 nitrogen and oxygen atoms in total. The maximum Gasteiger partial charge on any atom is 0.338 e. The first-order valence-corrected chi connectivity index (χ1v) is 14.8. The van der Waals surface area contributed by atoms with Crippen molar-refractivity contribution in [2.24, 2.45) is 23.2 Å². The number of fused-ring (bicyclic) bond motifs is 2. The van der Waals surface area contributed by atoms with Gasteiger partial charge in [0.2, 0.25) is 5.79 Å². The summed E-state index contributed by atoms with van der Waals surface area (Å²) in [6.45, 7) is 8.66. The lowest BCUT2D eigenvalue weighted by Crippen LogP contribution is -2.86. The Morgan fingerprint density at radius 3 is 2.33 bits per heavy atom. The summed E-state index contributed by atoms with van der Waals surface area (Å²) in [5, 5.41) is 48.5. The van der Waals surface area contributed by atoms with Crippen LogP contribution in [-0.4, -0.2) is 91.3 Å². The average molecular weight is 601 g/mol. The van der Waals surface area contributed by atoms with Crippen molar-refractivity contribution < 1.29 is 53.8 Å². The van der Waals surface area contributed by atoms with Gasteiger partial charge in [0.25, 0.3) is 0 Å². The maximum absolute atomic E-state index is 14.1. The number of Topliss-reactive ketones (excluding diaryl/α,β-unsaturated/α-hetero) is 1. The molecule has 2 spiro atoms. The molecular weight excluding hydrogens is 560 g/mol. The largest absolute Gasteiger partial charge is 0.458 e. The number of aliphatic hydroxyl groups is 4. The molecule has 43 heavy (non-hydrogen) atoms. The number of aliphatic hydroxyl groups excluding tert-OH is 2. The van der Waals surface area contributed by atoms with E-state index in [1.165, 1.54) is 19.9 Å². The van der Waals surface area contributed by atoms with Gasteiger partial charge in [-0.2, -0.15) is 0 Å². The Morgan fingerprint density at radius 2 is 1.72 bits per heavy atom. The molecule has 0 unspecified atom stereocenters. The van der Waals surface area contributed by atoms with Gasteiger partial charge in [0.05, 0.1) is 18.1 Å². The smallest absolute Gasteiger partial charge is 0.338 e. The van der Waals surface area contributed by atoms with Crippen LogP contribution in [0.5, 0.6) is 0 Å². The molecule has 3 heterocycles. The number of carbonyl (C=O) groups is 3. The molecule has 3 bridgehead atoms. The molecule has 3 saturated heterocycles. The minimum atomic E-state index is -2.36. The number of hydrogen-bond donors (Lipinski definition) is 4. The molecule has 4 N–H and O–H groups in total. The SMILES string of the molecule is C/C=C(/C)C(=O)O[C@H]1[C@@H]2[C@H](OC(=O)c3ccccc3)[C@H](C)C[C@]2(O)[C@@]23O[C@@]1(CO)[C@@H](O)[C@@]1(O2)C(=O)C(C)(C)C[C@H]1[C@@]3(C)O. The fourth-order valence-electron chi connectivity index (χ4n) is 8.87. The Kier molecular flexibility index (Phi) is 6.48. The van der Waals surface area contributed by atoms with Crippen molar-refractivity contribution in [3.8, 4) is 0 Å². The first-order chi connectivity index (χ1) is 20.0. The van der Waals surface area contributed by atoms with Crippen LogP contribution >= 0.6 is 0 Å². The predicted octanol–water partition coefficient (Wildman–Crippen LogP) is 1.44. The first-order valence-electron chi connectivity index (χ1n) is 14.8. The van der Waals surface area contributed by atoms with Gasteiger partial charge in [-0.25, -0.2) is 9.59 Å². The quantitative estimate of drug-likeness (QED) is 0.285. The van der Waals surface area contributed by atoms with Crippen LogP contribution in [-0.2, 0) is 28.5 Å². The molecule has 0 aromatic heterocycles. The van der Waals surface area contributed by atoms with Crippen molar-refractivity contribution in [2.75, 3.05) is 6.61 Å². The molecule has 3 aliphatic heterocycles. The summed E-state index contributed by atoms with van der Waals surface area (Å²) < 4.78 is 24.9. The number of allylic oxidation sites excluding steroid dienone is 1. The van der Waals surface area contributed by atoms with Crippen molar-refractivity contribution >= 4 is 17.7 Å². The molecule has 2 aliphatic carbocycles. The second-order valence-corrected chi connectivity index (χ2v) is 13.9. The zero-order valence-electron chi connectivity index (χ0n) is 25.2. The van der Waals surface area contributed by atoms with Crippen LogP contribution in [0.1, 0.15) is 64.7 Å². The van der Waals surface area contributed by atoms with Gasteiger partial charge in [-0.1, -0.05) is 45.0 Å². The Hall–Kier alpha value is -2.67. The molecule has 11 heteroatoms. The van der Waals surface area contributed by atoms with Crippen LogP contribution in [0.4, 0.5) is 0 Å². The zero-order chi connectivity index (χ0) is 31.5. The summed E-state index contributed by atoms with van der Waals surface area (Å²) in [4.78, 5) is 40.8. The maximum atomic E-state index is 14.1. The van der Waals surface area contributed by atoms with E-state index in [-0.39, 0.29) is 24.0 Å². The minimum absolute atomic E-state index is 0.0906. The van der Waals surface area contributed by atoms with Crippen LogP contribution < -0.4 is 0 Å². The fraction of sp³-hybridized carbons (Fsp3) is 0.656. The van der Waals surface area contributed by atoms with Crippen molar-refractivity contribution in [3.05, 3.63) is 47.5 Å². The minimum Gasteiger partial charge on any atom is -0.458 e. The third-order valence-corrected chi connectivity index (χ3v) is 11.0. The molecule has 0 radical (unpaired) electrons. The van der Waals surface area contributed by atoms with Gasteiger partial charge in [0, 0.05) is 16.9 Å². The molecule has 5 fully saturated rings. The van der Waals surface area contributed by atoms with E-state index in [1.807, 2.05) is 0 Å². The van der Waals surface area contributed by atoms with E-state index in [0.717, 1.165) is 0 Å². The molecule has 6 rings (SSSR count). The van der Waals surface area contributed by atoms with Gasteiger partial charge < -0.3 is 39.4 Å². The molecule has 234 valence electrons. The summed E-state index contributed by atoms with van der Waals surface area (Å²) in [7, 11) is 0. The third-order valence-electron chi connectivity index (χ3n) is 11.0. The van der Waals surface area contributed by atoms with E-state index in [0.29, 0.717) is 0 Å². The van der Waals surface area contributed by atoms with Crippen molar-refractivity contribution in [1.29, 1.82) is 0 Å². The molecular formula is C32H40O11. The Balaban J connectivity index is 1.58. The number of esters is 2. The van der Waals surface area contributed by atoms with E-state index < -0.39 is 94.0 Å². The zero-order valence-corrected chi connectivity index (χ0v) is 25.2. The van der Waals surface area contributed by atoms with Crippen molar-refractivity contribution in [1.82, 2.24) is 0 Å². The molecule has 2 saturated carbocycles. The Bertz CT molecular complexity index is 1400. The van der Waals surface area contributed by atoms with Crippen LogP contribution in [0.25, 0.3) is 0 Å². The van der Waals surface area contributed by atoms with E-state index in [4.69, 9.17) is 18.9 Å². The molecule has 5 aliphatic rings. The van der Waals surface area contributed by atoms with Gasteiger partial charge in [-0.15, -0.1) is 0 Å². The number of rotatable bonds is 5. The summed E-state index contributed by atoms with van der Waals surface area (Å²) in [6.07, 6.45) is -3.23. The van der Waals surface area contributed by atoms with Crippen LogP contribution in [0.2, 0.25) is 0 Å². The number of hydrogen-bond acceptors (Lipinski definition) is 11. The highest BCUT2D eigenvalue weighted by Gasteiger charge is 2.94. The van der Waals surface area contributed by atoms with Crippen LogP contribution in [0, 0.1) is 23.2 Å². The highest BCUT2D eigenvalue weighted by molar-refractivity contribution is 5.97. The van der Waals surface area contributed by atoms with Crippen LogP contribution in [0.15, 0.2) is 42.0 Å². The number of ketones is 1. The van der Waals surface area contributed by atoms with Gasteiger partial charge in [0.15, 0.2) is 17.0 Å². The van der Waals surface area contributed by atoms with Crippen molar-refractivity contribution in [3.63, 3.8) is 0 Å². The lowest BCUT2D eigenvalue weighted by atomic mass is 9.64. The summed E-state index contributed by atoms with van der Waals surface area (Å²) in [6, 6.07) is 8.23. The van der Waals surface area contributed by atoms with Gasteiger partial charge >= 0.3 is 11.9 Å². The van der Waals surface area contributed by atoms with E-state index in [2.05, 4.69) is 0 Å². The second kappa shape index (κ2) is 9.18. The first kappa shape index (κ1) is 30.4. The summed E-state index contributed by atoms with van der Waals surface area (Å²) >= 11 is 0. The van der Waals surface area contributed by atoms with E-state index >= 15 is 0 Å². The fourth-order valence-corrected chi connectivity index (χ4v) is 8.87. The van der Waals surface area contributed by atoms with Gasteiger partial charge in [-0.3, -0.25) is 4.79 Å². The topological polar surface area (TPSA) is 169 Å². The number of carbonyl (C=O) groups excluding carboxylic acids is 3. The van der Waals surface area contributed by atoms with E-state index in [9.17, 15) is 34.8 Å². The Morgan fingerprint density at radius 1 is 1.07 bits per heavy atom. The molecule has 1 aromatic carbocycles. The standard InChI is InChI=1S/C32H40O11/c1-7-16(2)23(34)41-22-20-21(40-24(35)18-11-9-8-10-12-18)17(3)13-30(20,39)32-28(6,38)19-14-27(4,5)25(36)31(19,43-32)26(37)29(22,15-33)42-32/h7-12,17,19-22,26,33,37-39H,13-15H2,1-6H3/b16-7-/t17-,19+,20+,21-,22+,26-,28-,29-,30-,31+,32+/m1/s1. The van der Waals surface area contributed by atoms with Gasteiger partial charge in [-0.05, 0) is 51.7 Å². The van der Waals surface area contributed by atoms with Crippen LogP contribution in [0.3, 0.4) is 0 Å².